The second-order valence-electron chi connectivity index (χ2n) is 5.40. The summed E-state index contributed by atoms with van der Waals surface area (Å²) in [7, 11) is 0. The molecule has 0 saturated carbocycles. The second kappa shape index (κ2) is 7.54. The molecule has 0 aliphatic rings. The number of amides is 1. The first-order valence-electron chi connectivity index (χ1n) is 8.06. The number of hydrogen-bond acceptors (Lipinski definition) is 5. The number of benzene rings is 1. The quantitative estimate of drug-likeness (QED) is 0.695. The zero-order valence-electron chi connectivity index (χ0n) is 13.6. The van der Waals surface area contributed by atoms with Crippen molar-refractivity contribution in [1.29, 1.82) is 0 Å². The Labute approximate surface area is 140 Å². The van der Waals surface area contributed by atoms with Gasteiger partial charge in [-0.3, -0.25) is 4.79 Å². The monoisotopic (exact) mass is 324 g/mol. The van der Waals surface area contributed by atoms with Crippen molar-refractivity contribution in [2.45, 2.75) is 19.8 Å². The fraction of sp³-hybridized carbons (Fsp3) is 0.294. The third kappa shape index (κ3) is 3.68. The molecule has 0 saturated heterocycles. The third-order valence-corrected chi connectivity index (χ3v) is 3.53. The van der Waals surface area contributed by atoms with E-state index in [-0.39, 0.29) is 5.91 Å². The summed E-state index contributed by atoms with van der Waals surface area (Å²) < 4.78 is 1.70. The number of anilines is 1. The van der Waals surface area contributed by atoms with E-state index in [2.05, 4.69) is 25.9 Å². The van der Waals surface area contributed by atoms with Gasteiger partial charge in [-0.2, -0.15) is 4.52 Å². The molecule has 0 atom stereocenters. The largest absolute Gasteiger partial charge is 0.368 e. The van der Waals surface area contributed by atoms with Crippen LogP contribution in [0.4, 0.5) is 5.82 Å². The second-order valence-corrected chi connectivity index (χ2v) is 5.40. The molecule has 0 aliphatic heterocycles. The first-order chi connectivity index (χ1) is 11.8. The number of carbonyl (C=O) groups is 1. The van der Waals surface area contributed by atoms with Crippen LogP contribution in [0, 0.1) is 0 Å². The summed E-state index contributed by atoms with van der Waals surface area (Å²) in [6.07, 6.45) is 1.35. The molecule has 0 spiro atoms. The van der Waals surface area contributed by atoms with Crippen molar-refractivity contribution in [3.05, 3.63) is 42.5 Å². The summed E-state index contributed by atoms with van der Waals surface area (Å²) in [4.78, 5) is 11.6. The van der Waals surface area contributed by atoms with Crippen LogP contribution in [0.25, 0.3) is 17.0 Å². The highest BCUT2D eigenvalue weighted by molar-refractivity contribution is 5.76. The van der Waals surface area contributed by atoms with Crippen LogP contribution >= 0.6 is 0 Å². The van der Waals surface area contributed by atoms with E-state index < -0.39 is 0 Å². The highest BCUT2D eigenvalue weighted by atomic mass is 16.1. The standard InChI is InChI=1S/C17H20N6O/c1-2-11-19-16(24)10-12-18-14-8-9-15-20-21-17(23(15)22-14)13-6-4-3-5-7-13/h3-9H,2,10-12H2,1H3,(H,18,22)(H,19,24). The number of rotatable bonds is 7. The maximum Gasteiger partial charge on any atom is 0.221 e. The molecule has 1 amide bonds. The minimum absolute atomic E-state index is 0.0414. The Morgan fingerprint density at radius 3 is 2.71 bits per heavy atom. The van der Waals surface area contributed by atoms with Crippen LogP contribution in [0.2, 0.25) is 0 Å². The van der Waals surface area contributed by atoms with Crippen LogP contribution in [0.15, 0.2) is 42.5 Å². The molecule has 2 aromatic heterocycles. The molecular formula is C17H20N6O. The van der Waals surface area contributed by atoms with E-state index >= 15 is 0 Å². The van der Waals surface area contributed by atoms with E-state index in [0.717, 1.165) is 12.0 Å². The Morgan fingerprint density at radius 2 is 1.92 bits per heavy atom. The van der Waals surface area contributed by atoms with Gasteiger partial charge < -0.3 is 10.6 Å². The number of aromatic nitrogens is 4. The Bertz CT molecular complexity index is 814. The molecule has 0 fully saturated rings. The number of hydrogen-bond donors (Lipinski definition) is 2. The lowest BCUT2D eigenvalue weighted by molar-refractivity contribution is -0.120. The van der Waals surface area contributed by atoms with Gasteiger partial charge in [-0.05, 0) is 18.6 Å². The molecule has 2 heterocycles. The predicted octanol–water partition coefficient (Wildman–Crippen LogP) is 2.12. The summed E-state index contributed by atoms with van der Waals surface area (Å²) in [6, 6.07) is 13.5. The van der Waals surface area contributed by atoms with Gasteiger partial charge in [0.15, 0.2) is 11.5 Å². The van der Waals surface area contributed by atoms with Gasteiger partial charge in [0.05, 0.1) is 0 Å². The van der Waals surface area contributed by atoms with Crippen LogP contribution in [0.5, 0.6) is 0 Å². The lowest BCUT2D eigenvalue weighted by atomic mass is 10.2. The number of nitrogens with zero attached hydrogens (tertiary/aromatic N) is 4. The molecule has 2 N–H and O–H groups in total. The molecule has 3 aromatic rings. The lowest BCUT2D eigenvalue weighted by Crippen LogP contribution is -2.26. The van der Waals surface area contributed by atoms with Gasteiger partial charge in [-0.25, -0.2) is 0 Å². The molecule has 0 radical (unpaired) electrons. The SMILES string of the molecule is CCCNC(=O)CCNc1ccc2nnc(-c3ccccc3)n2n1. The minimum atomic E-state index is 0.0414. The van der Waals surface area contributed by atoms with Crippen LogP contribution in [-0.4, -0.2) is 38.8 Å². The van der Waals surface area contributed by atoms with Crippen molar-refractivity contribution in [3.63, 3.8) is 0 Å². The van der Waals surface area contributed by atoms with Crippen molar-refractivity contribution in [2.75, 3.05) is 18.4 Å². The van der Waals surface area contributed by atoms with Crippen molar-refractivity contribution >= 4 is 17.4 Å². The molecule has 3 rings (SSSR count). The van der Waals surface area contributed by atoms with Gasteiger partial charge in [0.1, 0.15) is 5.82 Å². The Balaban J connectivity index is 1.70. The Hall–Kier alpha value is -2.96. The summed E-state index contributed by atoms with van der Waals surface area (Å²) in [5.74, 6) is 1.41. The smallest absolute Gasteiger partial charge is 0.221 e. The van der Waals surface area contributed by atoms with Gasteiger partial charge in [0.2, 0.25) is 5.91 Å². The van der Waals surface area contributed by atoms with Gasteiger partial charge in [-0.1, -0.05) is 37.3 Å². The summed E-state index contributed by atoms with van der Waals surface area (Å²) in [6.45, 7) is 3.27. The van der Waals surface area contributed by atoms with Gasteiger partial charge in [-0.15, -0.1) is 15.3 Å². The predicted molar refractivity (Wildman–Crippen MR) is 92.6 cm³/mol. The van der Waals surface area contributed by atoms with Crippen LogP contribution in [-0.2, 0) is 4.79 Å². The molecule has 7 heteroatoms. The normalized spacial score (nSPS) is 10.7. The first kappa shape index (κ1) is 15.9. The maximum atomic E-state index is 11.6. The first-order valence-corrected chi connectivity index (χ1v) is 8.06. The topological polar surface area (TPSA) is 84.2 Å². The van der Waals surface area contributed by atoms with Crippen LogP contribution < -0.4 is 10.6 Å². The van der Waals surface area contributed by atoms with Crippen molar-refractivity contribution in [2.24, 2.45) is 0 Å². The number of fused-ring (bicyclic) bond motifs is 1. The molecule has 0 bridgehead atoms. The molecule has 1 aromatic carbocycles. The van der Waals surface area contributed by atoms with E-state index in [4.69, 9.17) is 0 Å². The molecular weight excluding hydrogens is 304 g/mol. The average molecular weight is 324 g/mol. The van der Waals surface area contributed by atoms with Gasteiger partial charge in [0.25, 0.3) is 0 Å². The van der Waals surface area contributed by atoms with Crippen molar-refractivity contribution in [1.82, 2.24) is 25.1 Å². The highest BCUT2D eigenvalue weighted by Crippen LogP contribution is 2.17. The fourth-order valence-corrected chi connectivity index (χ4v) is 2.31. The van der Waals surface area contributed by atoms with Gasteiger partial charge >= 0.3 is 0 Å². The molecule has 7 nitrogen and oxygen atoms in total. The van der Waals surface area contributed by atoms with Crippen molar-refractivity contribution < 1.29 is 4.79 Å². The maximum absolute atomic E-state index is 11.6. The van der Waals surface area contributed by atoms with E-state index in [1.54, 1.807) is 4.52 Å². The summed E-state index contributed by atoms with van der Waals surface area (Å²) >= 11 is 0. The summed E-state index contributed by atoms with van der Waals surface area (Å²) in [5.41, 5.74) is 1.63. The van der Waals surface area contributed by atoms with Crippen molar-refractivity contribution in [3.8, 4) is 11.4 Å². The molecule has 124 valence electrons. The molecule has 0 aliphatic carbocycles. The zero-order valence-corrected chi connectivity index (χ0v) is 13.6. The number of nitrogens with one attached hydrogen (secondary N) is 2. The number of carbonyl (C=O) groups excluding carboxylic acids is 1. The zero-order chi connectivity index (χ0) is 16.8. The Kier molecular flexibility index (Phi) is 5.00. The lowest BCUT2D eigenvalue weighted by Gasteiger charge is -2.07. The Morgan fingerprint density at radius 1 is 1.08 bits per heavy atom. The summed E-state index contributed by atoms with van der Waals surface area (Å²) in [5, 5.41) is 18.9. The van der Waals surface area contributed by atoms with Crippen LogP contribution in [0.3, 0.4) is 0 Å². The van der Waals surface area contributed by atoms with E-state index in [9.17, 15) is 4.79 Å². The van der Waals surface area contributed by atoms with Crippen LogP contribution in [0.1, 0.15) is 19.8 Å². The van der Waals surface area contributed by atoms with E-state index in [0.29, 0.717) is 36.8 Å². The minimum Gasteiger partial charge on any atom is -0.368 e. The van der Waals surface area contributed by atoms with Gasteiger partial charge in [0, 0.05) is 25.1 Å². The fourth-order valence-electron chi connectivity index (χ4n) is 2.31. The molecule has 0 unspecified atom stereocenters. The molecule has 24 heavy (non-hydrogen) atoms. The van der Waals surface area contributed by atoms with E-state index in [1.165, 1.54) is 0 Å². The average Bonchev–Trinajstić information content (AvgIpc) is 3.04. The van der Waals surface area contributed by atoms with E-state index in [1.807, 2.05) is 49.4 Å². The highest BCUT2D eigenvalue weighted by Gasteiger charge is 2.09. The third-order valence-electron chi connectivity index (χ3n) is 3.53.